The first-order valence-corrected chi connectivity index (χ1v) is 25.8. The number of hydrogen-bond acceptors (Lipinski definition) is 12. The SMILES string of the molecule is C=CC[C@]1(CNC(=O)OCc2ccccc2)CCCCC1=O.C=CC[C@]1(CNC(=O)OCc2ccccc2)CCCC[C@@H]1OC(C)=O.CC(=O)O[C@H]1CCCC[C@]1(CCCO)CNC(=O)OCc1ccccc1. The summed E-state index contributed by atoms with van der Waals surface area (Å²) in [6.45, 7) is 12.3. The van der Waals surface area contributed by atoms with E-state index in [0.717, 1.165) is 87.3 Å². The minimum atomic E-state index is -0.494. The van der Waals surface area contributed by atoms with Crippen molar-refractivity contribution in [2.75, 3.05) is 26.2 Å². The summed E-state index contributed by atoms with van der Waals surface area (Å²) in [5.41, 5.74) is 1.65. The number of benzene rings is 3. The Morgan fingerprint density at radius 2 is 0.986 bits per heavy atom. The van der Waals surface area contributed by atoms with Crippen LogP contribution in [-0.4, -0.2) is 79.6 Å². The van der Waals surface area contributed by atoms with E-state index in [1.54, 1.807) is 6.08 Å². The molecule has 3 aromatic rings. The van der Waals surface area contributed by atoms with E-state index in [9.17, 15) is 33.9 Å². The van der Waals surface area contributed by atoms with Gasteiger partial charge in [0, 0.05) is 62.8 Å². The van der Waals surface area contributed by atoms with Crippen LogP contribution in [0.25, 0.3) is 0 Å². The number of esters is 2. The Labute approximate surface area is 432 Å². The van der Waals surface area contributed by atoms with E-state index in [-0.39, 0.29) is 67.2 Å². The molecule has 15 heteroatoms. The fraction of sp³-hybridized carbons (Fsp3) is 0.517. The van der Waals surface area contributed by atoms with Crippen LogP contribution in [0, 0.1) is 16.2 Å². The quantitative estimate of drug-likeness (QED) is 0.0447. The first kappa shape index (κ1) is 59.1. The lowest BCUT2D eigenvalue weighted by Gasteiger charge is -2.43. The molecule has 73 heavy (non-hydrogen) atoms. The third-order valence-corrected chi connectivity index (χ3v) is 14.0. The summed E-state index contributed by atoms with van der Waals surface area (Å²) in [6, 6.07) is 28.5. The molecular weight excluding hydrogens is 931 g/mol. The lowest BCUT2D eigenvalue weighted by Crippen LogP contribution is -2.49. The Kier molecular flexibility index (Phi) is 25.8. The zero-order valence-electron chi connectivity index (χ0n) is 43.1. The molecule has 0 aliphatic heterocycles. The monoisotopic (exact) mass is 1010 g/mol. The fourth-order valence-corrected chi connectivity index (χ4v) is 10.1. The maximum absolute atomic E-state index is 12.3. The predicted octanol–water partition coefficient (Wildman–Crippen LogP) is 10.8. The number of aliphatic hydroxyl groups excluding tert-OH is 1. The van der Waals surface area contributed by atoms with E-state index in [4.69, 9.17) is 23.7 Å². The highest BCUT2D eigenvalue weighted by atomic mass is 16.6. The van der Waals surface area contributed by atoms with E-state index in [0.29, 0.717) is 51.7 Å². The molecule has 0 heterocycles. The summed E-state index contributed by atoms with van der Waals surface area (Å²) >= 11 is 0. The van der Waals surface area contributed by atoms with E-state index in [1.807, 2.05) is 97.1 Å². The molecule has 6 rings (SSSR count). The van der Waals surface area contributed by atoms with Crippen molar-refractivity contribution >= 4 is 36.0 Å². The lowest BCUT2D eigenvalue weighted by molar-refractivity contribution is -0.158. The molecule has 3 aliphatic carbocycles. The zero-order valence-corrected chi connectivity index (χ0v) is 43.1. The Morgan fingerprint density at radius 3 is 1.41 bits per heavy atom. The molecule has 0 aromatic heterocycles. The Morgan fingerprint density at radius 1 is 0.575 bits per heavy atom. The first-order chi connectivity index (χ1) is 35.3. The van der Waals surface area contributed by atoms with Crippen LogP contribution in [0.1, 0.15) is 133 Å². The van der Waals surface area contributed by atoms with Crippen LogP contribution in [0.5, 0.6) is 0 Å². The smallest absolute Gasteiger partial charge is 0.407 e. The number of ketones is 1. The third-order valence-electron chi connectivity index (χ3n) is 14.0. The highest BCUT2D eigenvalue weighted by molar-refractivity contribution is 5.86. The van der Waals surface area contributed by atoms with Crippen molar-refractivity contribution in [3.63, 3.8) is 0 Å². The minimum Gasteiger partial charge on any atom is -0.462 e. The summed E-state index contributed by atoms with van der Waals surface area (Å²) < 4.78 is 26.8. The number of nitrogens with one attached hydrogen (secondary N) is 3. The van der Waals surface area contributed by atoms with Gasteiger partial charge in [-0.3, -0.25) is 14.4 Å². The first-order valence-electron chi connectivity index (χ1n) is 25.8. The van der Waals surface area contributed by atoms with Crippen LogP contribution in [-0.2, 0) is 57.9 Å². The standard InChI is InChI=1S/C20H29NO5.C20H27NO4.C18H23NO3/c1-16(23)26-18-10-5-6-11-20(18,12-7-13-22)15-21-19(24)25-14-17-8-3-2-4-9-17;1-3-12-20(13-8-7-11-18(20)25-16(2)22)15-21-19(23)24-14-17-9-5-4-6-10-17;1-2-11-18(12-7-6-10-16(18)20)14-19-17(21)22-13-15-8-4-3-5-9-15/h2-4,8-9,18,22H,5-7,10-15H2,1H3,(H,21,24);3-6,9-10,18H,1,7-8,11-15H2,2H3,(H,21,23);2-5,8-9H,1,6-7,10-14H2,(H,19,21)/t18-,20-;18-,20+;18-/m001/s1. The van der Waals surface area contributed by atoms with Gasteiger partial charge in [0.15, 0.2) is 0 Å². The van der Waals surface area contributed by atoms with E-state index < -0.39 is 23.7 Å². The second-order valence-corrected chi connectivity index (χ2v) is 19.4. The number of ether oxygens (including phenoxy) is 5. The fourth-order valence-electron chi connectivity index (χ4n) is 10.1. The number of alkyl carbamates (subject to hydrolysis) is 3. The van der Waals surface area contributed by atoms with Crippen LogP contribution >= 0.6 is 0 Å². The lowest BCUT2D eigenvalue weighted by atomic mass is 9.68. The van der Waals surface area contributed by atoms with Gasteiger partial charge < -0.3 is 44.7 Å². The molecule has 398 valence electrons. The Balaban J connectivity index is 0.000000238. The molecule has 3 fully saturated rings. The van der Waals surface area contributed by atoms with Gasteiger partial charge in [0.1, 0.15) is 37.8 Å². The number of aliphatic hydroxyl groups is 1. The highest BCUT2D eigenvalue weighted by Gasteiger charge is 2.44. The maximum Gasteiger partial charge on any atom is 0.407 e. The highest BCUT2D eigenvalue weighted by Crippen LogP contribution is 2.43. The largest absolute Gasteiger partial charge is 0.462 e. The second kappa shape index (κ2) is 31.9. The number of carbonyl (C=O) groups is 6. The molecular formula is C58H79N3O12. The topological polar surface area (TPSA) is 205 Å². The molecule has 5 atom stereocenters. The number of allylic oxidation sites excluding steroid dienone is 2. The van der Waals surface area contributed by atoms with Crippen LogP contribution in [0.2, 0.25) is 0 Å². The van der Waals surface area contributed by atoms with Crippen LogP contribution in [0.15, 0.2) is 116 Å². The van der Waals surface area contributed by atoms with Crippen molar-refractivity contribution in [2.24, 2.45) is 16.2 Å². The van der Waals surface area contributed by atoms with Gasteiger partial charge in [0.25, 0.3) is 0 Å². The number of rotatable bonds is 21. The third kappa shape index (κ3) is 20.5. The molecule has 0 radical (unpaired) electrons. The Bertz CT molecular complexity index is 2180. The molecule has 4 N–H and O–H groups in total. The van der Waals surface area contributed by atoms with Crippen LogP contribution in [0.4, 0.5) is 14.4 Å². The molecule has 3 aromatic carbocycles. The van der Waals surface area contributed by atoms with Gasteiger partial charge in [-0.1, -0.05) is 122 Å². The second-order valence-electron chi connectivity index (χ2n) is 19.4. The zero-order chi connectivity index (χ0) is 52.8. The molecule has 3 saturated carbocycles. The van der Waals surface area contributed by atoms with Crippen molar-refractivity contribution in [3.05, 3.63) is 133 Å². The van der Waals surface area contributed by atoms with Gasteiger partial charge in [-0.15, -0.1) is 13.2 Å². The normalized spacial score (nSPS) is 22.2. The Hall–Kier alpha value is -6.48. The summed E-state index contributed by atoms with van der Waals surface area (Å²) in [6.07, 6.45) is 15.1. The van der Waals surface area contributed by atoms with Gasteiger partial charge >= 0.3 is 30.2 Å². The van der Waals surface area contributed by atoms with Crippen molar-refractivity contribution < 1.29 is 57.6 Å². The van der Waals surface area contributed by atoms with E-state index in [2.05, 4.69) is 29.1 Å². The van der Waals surface area contributed by atoms with Crippen molar-refractivity contribution in [1.29, 1.82) is 0 Å². The van der Waals surface area contributed by atoms with Crippen molar-refractivity contribution in [2.45, 2.75) is 149 Å². The molecule has 0 bridgehead atoms. The number of carbonyl (C=O) groups excluding carboxylic acids is 6. The van der Waals surface area contributed by atoms with E-state index >= 15 is 0 Å². The molecule has 3 amide bonds. The number of hydrogen-bond donors (Lipinski definition) is 4. The van der Waals surface area contributed by atoms with Gasteiger partial charge in [0.2, 0.25) is 0 Å². The van der Waals surface area contributed by atoms with Gasteiger partial charge in [-0.05, 0) is 93.7 Å². The summed E-state index contributed by atoms with van der Waals surface area (Å²) in [7, 11) is 0. The number of Topliss-reactive ketones (excluding diaryl/α,β-unsaturated/α-hetero) is 1. The van der Waals surface area contributed by atoms with Gasteiger partial charge in [-0.2, -0.15) is 0 Å². The average Bonchev–Trinajstić information content (AvgIpc) is 3.40. The summed E-state index contributed by atoms with van der Waals surface area (Å²) in [4.78, 5) is 71.2. The molecule has 0 unspecified atom stereocenters. The van der Waals surface area contributed by atoms with Gasteiger partial charge in [0.05, 0.1) is 0 Å². The molecule has 3 aliphatic rings. The minimum absolute atomic E-state index is 0.0764. The predicted molar refractivity (Wildman–Crippen MR) is 279 cm³/mol. The molecule has 15 nitrogen and oxygen atoms in total. The maximum atomic E-state index is 12.3. The van der Waals surface area contributed by atoms with E-state index in [1.165, 1.54) is 13.8 Å². The van der Waals surface area contributed by atoms with Gasteiger partial charge in [-0.25, -0.2) is 14.4 Å². The van der Waals surface area contributed by atoms with Crippen LogP contribution < -0.4 is 16.0 Å². The molecule has 0 saturated heterocycles. The summed E-state index contributed by atoms with van der Waals surface area (Å²) in [5.74, 6) is -0.370. The van der Waals surface area contributed by atoms with Crippen LogP contribution in [0.3, 0.4) is 0 Å². The van der Waals surface area contributed by atoms with Crippen molar-refractivity contribution in [1.82, 2.24) is 16.0 Å². The average molecular weight is 1010 g/mol. The van der Waals surface area contributed by atoms with Crippen molar-refractivity contribution in [3.8, 4) is 0 Å². The molecule has 0 spiro atoms. The summed E-state index contributed by atoms with van der Waals surface area (Å²) in [5, 5.41) is 17.7. The number of amides is 3.